The molecule has 0 amide bonds. The standard InChI is InChI=1S/C16H14O2S/c1-9(17)14-11-6-3-2-5-10(11)12-7-4-8-13(18)15(12)16(14)19/h2-8,10,13,15,18H,1H3. The number of aliphatic hydroxyl groups excluding tert-OH is 1. The minimum atomic E-state index is -0.636. The summed E-state index contributed by atoms with van der Waals surface area (Å²) in [7, 11) is 0. The summed E-state index contributed by atoms with van der Waals surface area (Å²) in [6.07, 6.45) is 12.9. The average molecular weight is 270 g/mol. The van der Waals surface area contributed by atoms with E-state index in [2.05, 4.69) is 6.08 Å². The zero-order valence-electron chi connectivity index (χ0n) is 10.5. The molecule has 3 aliphatic rings. The summed E-state index contributed by atoms with van der Waals surface area (Å²) >= 11 is 5.48. The molecule has 3 unspecified atom stereocenters. The number of allylic oxidation sites excluding steroid dienone is 8. The molecule has 0 aromatic carbocycles. The molecule has 0 aromatic rings. The fourth-order valence-corrected chi connectivity index (χ4v) is 3.58. The van der Waals surface area contributed by atoms with Crippen LogP contribution in [0.5, 0.6) is 0 Å². The van der Waals surface area contributed by atoms with Gasteiger partial charge in [-0.1, -0.05) is 54.8 Å². The first-order valence-electron chi connectivity index (χ1n) is 6.32. The molecule has 0 spiro atoms. The second-order valence-corrected chi connectivity index (χ2v) is 5.43. The second-order valence-electron chi connectivity index (χ2n) is 4.99. The largest absolute Gasteiger partial charge is 0.388 e. The Morgan fingerprint density at radius 1 is 1.26 bits per heavy atom. The topological polar surface area (TPSA) is 37.3 Å². The first-order valence-corrected chi connectivity index (χ1v) is 6.72. The molecule has 3 heteroatoms. The number of hydrogen-bond donors (Lipinski definition) is 1. The van der Waals surface area contributed by atoms with E-state index in [0.29, 0.717) is 10.4 Å². The van der Waals surface area contributed by atoms with Crippen LogP contribution in [0.1, 0.15) is 6.92 Å². The Labute approximate surface area is 117 Å². The summed E-state index contributed by atoms with van der Waals surface area (Å²) in [5.41, 5.74) is 2.66. The van der Waals surface area contributed by atoms with Crippen molar-refractivity contribution in [3.05, 3.63) is 59.3 Å². The zero-order valence-corrected chi connectivity index (χ0v) is 11.4. The number of aliphatic hydroxyl groups is 1. The molecular weight excluding hydrogens is 256 g/mol. The van der Waals surface area contributed by atoms with Crippen LogP contribution < -0.4 is 0 Å². The van der Waals surface area contributed by atoms with Crippen LogP contribution in [-0.2, 0) is 4.79 Å². The number of carbonyl (C=O) groups excluding carboxylic acids is 1. The summed E-state index contributed by atoms with van der Waals surface area (Å²) < 4.78 is 0. The average Bonchev–Trinajstić information content (AvgIpc) is 2.38. The fourth-order valence-electron chi connectivity index (χ4n) is 3.04. The molecule has 0 aliphatic heterocycles. The number of ketones is 1. The molecule has 19 heavy (non-hydrogen) atoms. The second kappa shape index (κ2) is 4.51. The van der Waals surface area contributed by atoms with Crippen LogP contribution in [0.3, 0.4) is 0 Å². The van der Waals surface area contributed by atoms with E-state index >= 15 is 0 Å². The van der Waals surface area contributed by atoms with Crippen molar-refractivity contribution in [1.82, 2.24) is 0 Å². The SMILES string of the molecule is CC(=O)C1=C2C=CC=CC2C2=CC=CC(O)C2C1=S. The molecule has 3 rings (SSSR count). The molecule has 0 radical (unpaired) electrons. The van der Waals surface area contributed by atoms with Crippen molar-refractivity contribution in [3.8, 4) is 0 Å². The molecule has 0 saturated carbocycles. The third kappa shape index (κ3) is 1.81. The molecule has 96 valence electrons. The molecular formula is C16H14O2S. The summed E-state index contributed by atoms with van der Waals surface area (Å²) in [6, 6.07) is 0. The van der Waals surface area contributed by atoms with E-state index in [-0.39, 0.29) is 17.6 Å². The minimum absolute atomic E-state index is 0.0225. The van der Waals surface area contributed by atoms with Crippen LogP contribution >= 0.6 is 12.2 Å². The minimum Gasteiger partial charge on any atom is -0.388 e. The summed E-state index contributed by atoms with van der Waals surface area (Å²) in [6.45, 7) is 1.54. The molecule has 0 saturated heterocycles. The van der Waals surface area contributed by atoms with Gasteiger partial charge in [-0.25, -0.2) is 0 Å². The Balaban J connectivity index is 2.23. The van der Waals surface area contributed by atoms with Crippen LogP contribution in [0.2, 0.25) is 0 Å². The maximum Gasteiger partial charge on any atom is 0.161 e. The number of fused-ring (bicyclic) bond motifs is 3. The van der Waals surface area contributed by atoms with Crippen molar-refractivity contribution >= 4 is 22.9 Å². The van der Waals surface area contributed by atoms with Crippen LogP contribution in [-0.4, -0.2) is 21.9 Å². The van der Waals surface area contributed by atoms with Crippen LogP contribution in [0.4, 0.5) is 0 Å². The highest BCUT2D eigenvalue weighted by Crippen LogP contribution is 2.43. The molecule has 0 aromatic heterocycles. The number of carbonyl (C=O) groups is 1. The molecule has 2 nitrogen and oxygen atoms in total. The smallest absolute Gasteiger partial charge is 0.161 e. The highest BCUT2D eigenvalue weighted by atomic mass is 32.1. The van der Waals surface area contributed by atoms with Gasteiger partial charge in [0.2, 0.25) is 0 Å². The molecule has 0 bridgehead atoms. The predicted octanol–water partition coefficient (Wildman–Crippen LogP) is 2.47. The van der Waals surface area contributed by atoms with Crippen molar-refractivity contribution in [2.24, 2.45) is 11.8 Å². The molecule has 3 aliphatic carbocycles. The van der Waals surface area contributed by atoms with Crippen molar-refractivity contribution < 1.29 is 9.90 Å². The lowest BCUT2D eigenvalue weighted by atomic mass is 9.67. The van der Waals surface area contributed by atoms with E-state index in [4.69, 9.17) is 12.2 Å². The van der Waals surface area contributed by atoms with Gasteiger partial charge in [0, 0.05) is 22.3 Å². The Bertz CT molecular complexity index is 617. The normalized spacial score (nSPS) is 32.0. The first-order chi connectivity index (χ1) is 9.11. The summed E-state index contributed by atoms with van der Waals surface area (Å²) in [4.78, 5) is 12.5. The van der Waals surface area contributed by atoms with E-state index in [0.717, 1.165) is 11.1 Å². The Kier molecular flexibility index (Phi) is 2.96. The van der Waals surface area contributed by atoms with Gasteiger partial charge in [-0.05, 0) is 18.1 Å². The van der Waals surface area contributed by atoms with E-state index in [1.807, 2.05) is 30.4 Å². The maximum absolute atomic E-state index is 11.9. The van der Waals surface area contributed by atoms with E-state index in [1.54, 1.807) is 6.08 Å². The maximum atomic E-state index is 11.9. The van der Waals surface area contributed by atoms with Crippen molar-refractivity contribution in [2.75, 3.05) is 0 Å². The lowest BCUT2D eigenvalue weighted by Gasteiger charge is -2.38. The fraction of sp³-hybridized carbons (Fsp3) is 0.250. The van der Waals surface area contributed by atoms with E-state index in [1.165, 1.54) is 6.92 Å². The predicted molar refractivity (Wildman–Crippen MR) is 78.8 cm³/mol. The van der Waals surface area contributed by atoms with Crippen molar-refractivity contribution in [3.63, 3.8) is 0 Å². The van der Waals surface area contributed by atoms with E-state index in [9.17, 15) is 9.90 Å². The quantitative estimate of drug-likeness (QED) is 0.744. The van der Waals surface area contributed by atoms with Gasteiger partial charge >= 0.3 is 0 Å². The number of hydrogen-bond acceptors (Lipinski definition) is 3. The highest BCUT2D eigenvalue weighted by molar-refractivity contribution is 7.81. The molecule has 0 fully saturated rings. The Hall–Kier alpha value is -1.58. The van der Waals surface area contributed by atoms with Gasteiger partial charge < -0.3 is 5.11 Å². The number of rotatable bonds is 1. The third-order valence-electron chi connectivity index (χ3n) is 3.85. The molecule has 1 N–H and O–H groups in total. The summed E-state index contributed by atoms with van der Waals surface area (Å²) in [5, 5.41) is 10.2. The van der Waals surface area contributed by atoms with Crippen LogP contribution in [0.15, 0.2) is 59.3 Å². The van der Waals surface area contributed by atoms with Gasteiger partial charge in [-0.15, -0.1) is 0 Å². The van der Waals surface area contributed by atoms with Gasteiger partial charge in [0.1, 0.15) is 0 Å². The van der Waals surface area contributed by atoms with Gasteiger partial charge in [0.25, 0.3) is 0 Å². The van der Waals surface area contributed by atoms with Crippen LogP contribution in [0.25, 0.3) is 0 Å². The van der Waals surface area contributed by atoms with Gasteiger partial charge in [0.05, 0.1) is 6.10 Å². The van der Waals surface area contributed by atoms with Gasteiger partial charge in [-0.3, -0.25) is 4.79 Å². The molecule has 0 heterocycles. The molecule has 3 atom stereocenters. The van der Waals surface area contributed by atoms with Crippen molar-refractivity contribution in [2.45, 2.75) is 13.0 Å². The monoisotopic (exact) mass is 270 g/mol. The van der Waals surface area contributed by atoms with Crippen molar-refractivity contribution in [1.29, 1.82) is 0 Å². The lowest BCUT2D eigenvalue weighted by molar-refractivity contribution is -0.113. The third-order valence-corrected chi connectivity index (χ3v) is 4.31. The lowest BCUT2D eigenvalue weighted by Crippen LogP contribution is -2.39. The number of Topliss-reactive ketones (excluding diaryl/α,β-unsaturated/α-hetero) is 1. The Morgan fingerprint density at radius 2 is 2.05 bits per heavy atom. The summed E-state index contributed by atoms with van der Waals surface area (Å²) in [5.74, 6) is -0.213. The van der Waals surface area contributed by atoms with Gasteiger partial charge in [0.15, 0.2) is 5.78 Å². The number of thiocarbonyl (C=S) groups is 1. The zero-order chi connectivity index (χ0) is 13.6. The Morgan fingerprint density at radius 3 is 2.79 bits per heavy atom. The first kappa shape index (κ1) is 12.5. The highest BCUT2D eigenvalue weighted by Gasteiger charge is 2.40. The van der Waals surface area contributed by atoms with Crippen LogP contribution in [0, 0.1) is 11.8 Å². The van der Waals surface area contributed by atoms with Gasteiger partial charge in [-0.2, -0.15) is 0 Å². The van der Waals surface area contributed by atoms with E-state index < -0.39 is 6.10 Å².